The molecule has 0 radical (unpaired) electrons. The number of hydrogen-bond donors (Lipinski definition) is 1. The number of aromatic nitrogens is 1. The molecule has 1 aromatic rings. The van der Waals surface area contributed by atoms with Crippen LogP contribution in [-0.2, 0) is 9.84 Å². The Morgan fingerprint density at radius 1 is 1.23 bits per heavy atom. The van der Waals surface area contributed by atoms with E-state index in [1.165, 1.54) is 0 Å². The van der Waals surface area contributed by atoms with E-state index in [2.05, 4.69) is 15.2 Å². The Bertz CT molecular complexity index is 627. The van der Waals surface area contributed by atoms with E-state index in [1.54, 1.807) is 11.1 Å². The highest BCUT2D eigenvalue weighted by molar-refractivity contribution is 7.91. The van der Waals surface area contributed by atoms with Crippen molar-refractivity contribution in [3.05, 3.63) is 24.4 Å². The highest BCUT2D eigenvalue weighted by Crippen LogP contribution is 2.14. The summed E-state index contributed by atoms with van der Waals surface area (Å²) in [6.07, 6.45) is 2.27. The van der Waals surface area contributed by atoms with Gasteiger partial charge in [-0.25, -0.2) is 18.2 Å². The number of carbonyl (C=O) groups is 1. The molecule has 1 atom stereocenters. The molecular formula is C14H20N4O3S. The lowest BCUT2D eigenvalue weighted by molar-refractivity contribution is 0.191. The van der Waals surface area contributed by atoms with Gasteiger partial charge in [0.05, 0.1) is 11.5 Å². The third-order valence-electron chi connectivity index (χ3n) is 4.10. The van der Waals surface area contributed by atoms with Gasteiger partial charge < -0.3 is 15.1 Å². The van der Waals surface area contributed by atoms with E-state index in [1.807, 2.05) is 18.2 Å². The number of anilines is 1. The van der Waals surface area contributed by atoms with E-state index in [0.29, 0.717) is 19.5 Å². The number of urea groups is 1. The summed E-state index contributed by atoms with van der Waals surface area (Å²) in [5.41, 5.74) is 0. The number of carbonyl (C=O) groups excluding carboxylic acids is 1. The molecule has 2 saturated heterocycles. The van der Waals surface area contributed by atoms with E-state index < -0.39 is 9.84 Å². The molecule has 0 bridgehead atoms. The summed E-state index contributed by atoms with van der Waals surface area (Å²) in [6.45, 7) is 2.69. The third kappa shape index (κ3) is 3.49. The molecule has 0 saturated carbocycles. The normalized spacial score (nSPS) is 24.3. The average Bonchev–Trinajstić information content (AvgIpc) is 2.87. The van der Waals surface area contributed by atoms with E-state index in [9.17, 15) is 13.2 Å². The third-order valence-corrected chi connectivity index (χ3v) is 5.87. The molecule has 3 heterocycles. The molecule has 0 spiro atoms. The maximum Gasteiger partial charge on any atom is 0.317 e. The predicted octanol–water partition coefficient (Wildman–Crippen LogP) is 0.100. The van der Waals surface area contributed by atoms with Crippen molar-refractivity contribution in [3.8, 4) is 0 Å². The average molecular weight is 324 g/mol. The lowest BCUT2D eigenvalue weighted by Crippen LogP contribution is -2.53. The monoisotopic (exact) mass is 324 g/mol. The Morgan fingerprint density at radius 3 is 2.59 bits per heavy atom. The van der Waals surface area contributed by atoms with Crippen LogP contribution in [0, 0.1) is 0 Å². The molecule has 0 aliphatic carbocycles. The van der Waals surface area contributed by atoms with Crippen molar-refractivity contribution in [2.24, 2.45) is 0 Å². The Hall–Kier alpha value is -1.83. The molecule has 1 N–H and O–H groups in total. The summed E-state index contributed by atoms with van der Waals surface area (Å²) in [5.74, 6) is 1.15. The van der Waals surface area contributed by atoms with E-state index in [0.717, 1.165) is 18.9 Å². The molecule has 8 heteroatoms. The first-order valence-corrected chi connectivity index (χ1v) is 9.27. The molecule has 2 aliphatic heterocycles. The summed E-state index contributed by atoms with van der Waals surface area (Å²) in [6, 6.07) is 5.37. The fraction of sp³-hybridized carbons (Fsp3) is 0.571. The number of sulfone groups is 1. The minimum atomic E-state index is -2.97. The first-order valence-electron chi connectivity index (χ1n) is 7.45. The number of rotatable bonds is 2. The van der Waals surface area contributed by atoms with Crippen LogP contribution in [0.2, 0.25) is 0 Å². The fourth-order valence-electron chi connectivity index (χ4n) is 2.85. The lowest BCUT2D eigenvalue weighted by Gasteiger charge is -2.35. The summed E-state index contributed by atoms with van der Waals surface area (Å²) in [5, 5.41) is 2.83. The van der Waals surface area contributed by atoms with Gasteiger partial charge in [0.1, 0.15) is 5.82 Å². The van der Waals surface area contributed by atoms with Crippen molar-refractivity contribution >= 4 is 21.7 Å². The van der Waals surface area contributed by atoms with Gasteiger partial charge in [-0.2, -0.15) is 0 Å². The number of nitrogens with zero attached hydrogens (tertiary/aromatic N) is 3. The molecule has 2 aliphatic rings. The molecule has 2 amide bonds. The quantitative estimate of drug-likeness (QED) is 0.834. The molecule has 1 unspecified atom stereocenters. The molecule has 2 fully saturated rings. The summed E-state index contributed by atoms with van der Waals surface area (Å²) < 4.78 is 22.8. The molecule has 0 aromatic carbocycles. The van der Waals surface area contributed by atoms with Crippen LogP contribution in [0.15, 0.2) is 24.4 Å². The molecule has 3 rings (SSSR count). The van der Waals surface area contributed by atoms with Gasteiger partial charge in [-0.15, -0.1) is 0 Å². The van der Waals surface area contributed by atoms with E-state index in [4.69, 9.17) is 0 Å². The number of nitrogens with one attached hydrogen (secondary N) is 1. The van der Waals surface area contributed by atoms with Crippen LogP contribution in [0.25, 0.3) is 0 Å². The first-order chi connectivity index (χ1) is 10.5. The molecule has 120 valence electrons. The summed E-state index contributed by atoms with van der Waals surface area (Å²) in [7, 11) is -2.97. The second-order valence-corrected chi connectivity index (χ2v) is 7.94. The smallest absolute Gasteiger partial charge is 0.317 e. The Labute approximate surface area is 130 Å². The summed E-state index contributed by atoms with van der Waals surface area (Å²) in [4.78, 5) is 20.4. The fourth-order valence-corrected chi connectivity index (χ4v) is 4.53. The number of hydrogen-bond acceptors (Lipinski definition) is 5. The predicted molar refractivity (Wildman–Crippen MR) is 83.6 cm³/mol. The Morgan fingerprint density at radius 2 is 2.00 bits per heavy atom. The van der Waals surface area contributed by atoms with Gasteiger partial charge >= 0.3 is 6.03 Å². The zero-order valence-corrected chi connectivity index (χ0v) is 13.1. The van der Waals surface area contributed by atoms with Crippen LogP contribution in [0.4, 0.5) is 10.6 Å². The minimum absolute atomic E-state index is 0.0621. The van der Waals surface area contributed by atoms with Gasteiger partial charge in [0.2, 0.25) is 0 Å². The van der Waals surface area contributed by atoms with Crippen LogP contribution < -0.4 is 10.2 Å². The maximum absolute atomic E-state index is 12.2. The molecule has 22 heavy (non-hydrogen) atoms. The topological polar surface area (TPSA) is 82.6 Å². The summed E-state index contributed by atoms with van der Waals surface area (Å²) >= 11 is 0. The second-order valence-electron chi connectivity index (χ2n) is 5.71. The maximum atomic E-state index is 12.2. The van der Waals surface area contributed by atoms with Crippen molar-refractivity contribution in [2.75, 3.05) is 42.6 Å². The van der Waals surface area contributed by atoms with E-state index in [-0.39, 0.29) is 23.6 Å². The van der Waals surface area contributed by atoms with Crippen molar-refractivity contribution in [2.45, 2.75) is 12.5 Å². The van der Waals surface area contributed by atoms with Crippen LogP contribution in [0.3, 0.4) is 0 Å². The highest BCUT2D eigenvalue weighted by Gasteiger charge is 2.31. The number of piperazine rings is 1. The van der Waals surface area contributed by atoms with Crippen molar-refractivity contribution in [3.63, 3.8) is 0 Å². The number of amides is 2. The van der Waals surface area contributed by atoms with Crippen LogP contribution >= 0.6 is 0 Å². The van der Waals surface area contributed by atoms with Crippen LogP contribution in [0.5, 0.6) is 0 Å². The van der Waals surface area contributed by atoms with Crippen molar-refractivity contribution < 1.29 is 13.2 Å². The van der Waals surface area contributed by atoms with Crippen molar-refractivity contribution in [1.82, 2.24) is 15.2 Å². The van der Waals surface area contributed by atoms with Crippen LogP contribution in [0.1, 0.15) is 6.42 Å². The highest BCUT2D eigenvalue weighted by atomic mass is 32.2. The minimum Gasteiger partial charge on any atom is -0.353 e. The Kier molecular flexibility index (Phi) is 4.19. The SMILES string of the molecule is O=C(NC1CCS(=O)(=O)C1)N1CCN(c2ccccn2)CC1. The van der Waals surface area contributed by atoms with Gasteiger partial charge in [0, 0.05) is 38.4 Å². The zero-order valence-electron chi connectivity index (χ0n) is 12.3. The van der Waals surface area contributed by atoms with E-state index >= 15 is 0 Å². The standard InChI is InChI=1S/C14H20N4O3S/c19-14(16-12-4-10-22(20,21)11-12)18-8-6-17(7-9-18)13-3-1-2-5-15-13/h1-3,5,12H,4,6-11H2,(H,16,19). The first kappa shape index (κ1) is 15.1. The molecular weight excluding hydrogens is 304 g/mol. The number of pyridine rings is 1. The van der Waals surface area contributed by atoms with Gasteiger partial charge in [0.15, 0.2) is 9.84 Å². The Balaban J connectivity index is 1.50. The second kappa shape index (κ2) is 6.12. The van der Waals surface area contributed by atoms with Crippen molar-refractivity contribution in [1.29, 1.82) is 0 Å². The van der Waals surface area contributed by atoms with Gasteiger partial charge in [-0.05, 0) is 18.6 Å². The van der Waals surface area contributed by atoms with Gasteiger partial charge in [-0.1, -0.05) is 6.07 Å². The van der Waals surface area contributed by atoms with Crippen LogP contribution in [-0.4, -0.2) is 68.1 Å². The zero-order chi connectivity index (χ0) is 15.6. The largest absolute Gasteiger partial charge is 0.353 e. The lowest BCUT2D eigenvalue weighted by atomic mass is 10.2. The van der Waals surface area contributed by atoms with Gasteiger partial charge in [0.25, 0.3) is 0 Å². The molecule has 1 aromatic heterocycles. The molecule has 7 nitrogen and oxygen atoms in total. The van der Waals surface area contributed by atoms with Gasteiger partial charge in [-0.3, -0.25) is 0 Å².